The van der Waals surface area contributed by atoms with Crippen LogP contribution in [0.5, 0.6) is 0 Å². The highest BCUT2D eigenvalue weighted by atomic mass is 79.9. The molecule has 0 atom stereocenters. The van der Waals surface area contributed by atoms with Crippen LogP contribution in [0.2, 0.25) is 0 Å². The Hall–Kier alpha value is -0.900. The lowest BCUT2D eigenvalue weighted by atomic mass is 10.1. The normalized spacial score (nSPS) is 12.3. The molecule has 0 spiro atoms. The highest BCUT2D eigenvalue weighted by Crippen LogP contribution is 2.37. The lowest BCUT2D eigenvalue weighted by Crippen LogP contribution is -2.05. The van der Waals surface area contributed by atoms with Crippen molar-refractivity contribution in [1.82, 2.24) is 0 Å². The van der Waals surface area contributed by atoms with Crippen LogP contribution in [0.25, 0.3) is 11.0 Å². The van der Waals surface area contributed by atoms with Gasteiger partial charge in [-0.05, 0) is 12.1 Å². The lowest BCUT2D eigenvalue weighted by molar-refractivity contribution is 0.0182. The molecule has 0 aliphatic rings. The van der Waals surface area contributed by atoms with Crippen molar-refractivity contribution in [3.63, 3.8) is 0 Å². The zero-order valence-electron chi connectivity index (χ0n) is 7.35. The number of rotatable bonds is 1. The molecule has 0 bridgehead atoms. The Morgan fingerprint density at radius 3 is 2.71 bits per heavy atom. The van der Waals surface area contributed by atoms with Crippen molar-refractivity contribution in [1.29, 1.82) is 0 Å². The zero-order chi connectivity index (χ0) is 10.3. The van der Waals surface area contributed by atoms with Crippen molar-refractivity contribution >= 4 is 26.9 Å². The first-order valence-corrected chi connectivity index (χ1v) is 4.83. The third kappa shape index (κ3) is 1.43. The molecule has 1 heterocycles. The van der Waals surface area contributed by atoms with E-state index in [1.165, 1.54) is 0 Å². The van der Waals surface area contributed by atoms with Gasteiger partial charge in [0, 0.05) is 16.8 Å². The molecule has 2 rings (SSSR count). The summed E-state index contributed by atoms with van der Waals surface area (Å²) in [4.78, 5) is 0. The first-order valence-electron chi connectivity index (χ1n) is 4.04. The van der Waals surface area contributed by atoms with E-state index in [-0.39, 0.29) is 5.56 Å². The zero-order valence-corrected chi connectivity index (χ0v) is 8.94. The van der Waals surface area contributed by atoms with Crippen LogP contribution in [-0.2, 0) is 5.92 Å². The molecule has 1 aromatic carbocycles. The fourth-order valence-electron chi connectivity index (χ4n) is 1.37. The monoisotopic (exact) mass is 260 g/mol. The van der Waals surface area contributed by atoms with Crippen molar-refractivity contribution in [3.8, 4) is 0 Å². The minimum absolute atomic E-state index is 0.0834. The summed E-state index contributed by atoms with van der Waals surface area (Å²) in [6, 6.07) is 5.12. The summed E-state index contributed by atoms with van der Waals surface area (Å²) in [7, 11) is 0. The Morgan fingerprint density at radius 1 is 1.36 bits per heavy atom. The second-order valence-corrected chi connectivity index (χ2v) is 4.01. The van der Waals surface area contributed by atoms with E-state index in [2.05, 4.69) is 15.9 Å². The lowest BCUT2D eigenvalue weighted by Gasteiger charge is -2.07. The summed E-state index contributed by atoms with van der Waals surface area (Å²) < 4.78 is 31.9. The van der Waals surface area contributed by atoms with Crippen molar-refractivity contribution in [3.05, 3.63) is 34.5 Å². The number of benzene rings is 1. The van der Waals surface area contributed by atoms with Gasteiger partial charge in [0.25, 0.3) is 5.92 Å². The summed E-state index contributed by atoms with van der Waals surface area (Å²) >= 11 is 3.23. The van der Waals surface area contributed by atoms with E-state index < -0.39 is 5.92 Å². The largest absolute Gasteiger partial charge is 0.464 e. The Labute approximate surface area is 87.8 Å². The van der Waals surface area contributed by atoms with Gasteiger partial charge < -0.3 is 4.42 Å². The number of hydrogen-bond donors (Lipinski definition) is 0. The van der Waals surface area contributed by atoms with E-state index in [0.29, 0.717) is 15.4 Å². The molecule has 14 heavy (non-hydrogen) atoms. The second-order valence-electron chi connectivity index (χ2n) is 3.15. The number of halogens is 3. The number of furan rings is 1. The third-order valence-corrected chi connectivity index (χ3v) is 2.68. The van der Waals surface area contributed by atoms with Gasteiger partial charge in [-0.15, -0.1) is 0 Å². The number of alkyl halides is 2. The topological polar surface area (TPSA) is 13.1 Å². The van der Waals surface area contributed by atoms with Crippen molar-refractivity contribution < 1.29 is 13.2 Å². The Kier molecular flexibility index (Phi) is 2.10. The molecule has 0 N–H and O–H groups in total. The molecule has 1 nitrogen and oxygen atoms in total. The Balaban J connectivity index is 2.80. The van der Waals surface area contributed by atoms with Gasteiger partial charge >= 0.3 is 0 Å². The summed E-state index contributed by atoms with van der Waals surface area (Å²) in [5.41, 5.74) is 0.385. The Bertz CT molecular complexity index is 470. The average Bonchev–Trinajstić information content (AvgIpc) is 2.47. The van der Waals surface area contributed by atoms with Crippen LogP contribution in [0.4, 0.5) is 8.78 Å². The van der Waals surface area contributed by atoms with Gasteiger partial charge in [-0.25, -0.2) is 8.78 Å². The second kappa shape index (κ2) is 3.05. The van der Waals surface area contributed by atoms with Gasteiger partial charge in [0.2, 0.25) is 0 Å². The maximum atomic E-state index is 13.1. The standard InChI is InChI=1S/C10H7BrF2O/c1-10(12,13)6-5-14-8-4-2-3-7(11)9(6)8/h2-5H,1H3. The SMILES string of the molecule is CC(F)(F)c1coc2cccc(Br)c12. The molecular formula is C10H7BrF2O. The molecule has 0 fully saturated rings. The van der Waals surface area contributed by atoms with E-state index in [1.54, 1.807) is 18.2 Å². The first-order chi connectivity index (χ1) is 6.50. The highest BCUT2D eigenvalue weighted by molar-refractivity contribution is 9.10. The molecule has 0 saturated carbocycles. The van der Waals surface area contributed by atoms with Crippen molar-refractivity contribution in [2.75, 3.05) is 0 Å². The smallest absolute Gasteiger partial charge is 0.274 e. The Morgan fingerprint density at radius 2 is 2.07 bits per heavy atom. The van der Waals surface area contributed by atoms with Gasteiger partial charge in [0.15, 0.2) is 0 Å². The highest BCUT2D eigenvalue weighted by Gasteiger charge is 2.29. The average molecular weight is 261 g/mol. The van der Waals surface area contributed by atoms with Crippen LogP contribution in [0.1, 0.15) is 12.5 Å². The number of hydrogen-bond acceptors (Lipinski definition) is 1. The quantitative estimate of drug-likeness (QED) is 0.745. The molecule has 0 aliphatic heterocycles. The molecule has 0 saturated heterocycles. The molecule has 0 radical (unpaired) electrons. The molecular weight excluding hydrogens is 254 g/mol. The molecule has 0 amide bonds. The van der Waals surface area contributed by atoms with Crippen LogP contribution >= 0.6 is 15.9 Å². The van der Waals surface area contributed by atoms with Gasteiger partial charge in [-0.1, -0.05) is 22.0 Å². The van der Waals surface area contributed by atoms with Crippen LogP contribution in [0.15, 0.2) is 33.4 Å². The third-order valence-electron chi connectivity index (χ3n) is 2.02. The fraction of sp³-hybridized carbons (Fsp3) is 0.200. The summed E-state index contributed by atoms with van der Waals surface area (Å²) in [5, 5.41) is 0.444. The summed E-state index contributed by atoms with van der Waals surface area (Å²) in [6.07, 6.45) is 1.11. The van der Waals surface area contributed by atoms with E-state index in [4.69, 9.17) is 4.42 Å². The number of fused-ring (bicyclic) bond motifs is 1. The molecule has 4 heteroatoms. The van der Waals surface area contributed by atoms with Crippen LogP contribution in [-0.4, -0.2) is 0 Å². The van der Waals surface area contributed by atoms with Crippen molar-refractivity contribution in [2.45, 2.75) is 12.8 Å². The van der Waals surface area contributed by atoms with Gasteiger partial charge in [-0.3, -0.25) is 0 Å². The molecule has 0 aliphatic carbocycles. The predicted molar refractivity (Wildman–Crippen MR) is 53.5 cm³/mol. The maximum Gasteiger partial charge on any atom is 0.274 e. The molecule has 2 aromatic rings. The fourth-order valence-corrected chi connectivity index (χ4v) is 1.93. The molecule has 0 unspecified atom stereocenters. The molecule has 74 valence electrons. The predicted octanol–water partition coefficient (Wildman–Crippen LogP) is 4.31. The molecule has 1 aromatic heterocycles. The summed E-state index contributed by atoms with van der Waals surface area (Å²) in [6.45, 7) is 0.858. The van der Waals surface area contributed by atoms with E-state index in [1.807, 2.05) is 0 Å². The summed E-state index contributed by atoms with van der Waals surface area (Å²) in [5.74, 6) is -2.88. The minimum atomic E-state index is -2.88. The van der Waals surface area contributed by atoms with Crippen LogP contribution in [0, 0.1) is 0 Å². The van der Waals surface area contributed by atoms with Crippen LogP contribution < -0.4 is 0 Å². The van der Waals surface area contributed by atoms with Crippen LogP contribution in [0.3, 0.4) is 0 Å². The van der Waals surface area contributed by atoms with Crippen molar-refractivity contribution in [2.24, 2.45) is 0 Å². The van der Waals surface area contributed by atoms with Gasteiger partial charge in [-0.2, -0.15) is 0 Å². The van der Waals surface area contributed by atoms with Gasteiger partial charge in [0.05, 0.1) is 5.56 Å². The van der Waals surface area contributed by atoms with E-state index >= 15 is 0 Å². The minimum Gasteiger partial charge on any atom is -0.464 e. The van der Waals surface area contributed by atoms with Gasteiger partial charge in [0.1, 0.15) is 11.8 Å². The maximum absolute atomic E-state index is 13.1. The first kappa shape index (κ1) is 9.65. The van der Waals surface area contributed by atoms with E-state index in [0.717, 1.165) is 13.2 Å². The van der Waals surface area contributed by atoms with E-state index in [9.17, 15) is 8.78 Å².